The average molecular weight is 325 g/mol. The zero-order chi connectivity index (χ0) is 16.5. The molecular weight excluding hydrogens is 298 g/mol. The molecule has 0 unspecified atom stereocenters. The molecule has 2 aliphatic rings. The summed E-state index contributed by atoms with van der Waals surface area (Å²) < 4.78 is 2.30. The topological polar surface area (TPSA) is 46.0 Å². The van der Waals surface area contributed by atoms with E-state index in [4.69, 9.17) is 0 Å². The van der Waals surface area contributed by atoms with E-state index in [0.29, 0.717) is 12.1 Å². The molecule has 4 rings (SSSR count). The summed E-state index contributed by atoms with van der Waals surface area (Å²) in [6, 6.07) is 12.2. The van der Waals surface area contributed by atoms with Crippen LogP contribution in [0.15, 0.2) is 30.3 Å². The second-order valence-electron chi connectivity index (χ2n) is 7.31. The lowest BCUT2D eigenvalue weighted by Crippen LogP contribution is -2.35. The van der Waals surface area contributed by atoms with Crippen LogP contribution in [-0.4, -0.2) is 38.3 Å². The van der Waals surface area contributed by atoms with Gasteiger partial charge in [0.15, 0.2) is 0 Å². The number of benzene rings is 1. The number of nitrogens with one attached hydrogen (secondary N) is 1. The maximum atomic E-state index is 4.42. The van der Waals surface area contributed by atoms with Crippen LogP contribution in [0.2, 0.25) is 0 Å². The van der Waals surface area contributed by atoms with Crippen LogP contribution in [-0.2, 0) is 19.5 Å². The summed E-state index contributed by atoms with van der Waals surface area (Å²) >= 11 is 0. The van der Waals surface area contributed by atoms with Gasteiger partial charge in [-0.25, -0.2) is 0 Å². The third-order valence-electron chi connectivity index (χ3n) is 5.44. The number of nitrogens with zero attached hydrogens (tertiary/aromatic N) is 4. The van der Waals surface area contributed by atoms with Crippen LogP contribution in [0, 0.1) is 0 Å². The molecule has 128 valence electrons. The van der Waals surface area contributed by atoms with Gasteiger partial charge in [-0.05, 0) is 32.3 Å². The highest BCUT2D eigenvalue weighted by Gasteiger charge is 2.31. The Morgan fingerprint density at radius 2 is 2.08 bits per heavy atom. The highest BCUT2D eigenvalue weighted by atomic mass is 15.3. The smallest absolute Gasteiger partial charge is 0.149 e. The van der Waals surface area contributed by atoms with Crippen molar-refractivity contribution in [3.05, 3.63) is 47.5 Å². The number of aromatic nitrogens is 3. The van der Waals surface area contributed by atoms with E-state index in [1.54, 1.807) is 0 Å². The van der Waals surface area contributed by atoms with Crippen molar-refractivity contribution in [2.24, 2.45) is 0 Å². The van der Waals surface area contributed by atoms with Gasteiger partial charge in [-0.1, -0.05) is 30.3 Å². The molecule has 0 aliphatic carbocycles. The fourth-order valence-electron chi connectivity index (χ4n) is 4.18. The number of fused-ring (bicyclic) bond motifs is 1. The first-order valence-corrected chi connectivity index (χ1v) is 9.16. The number of aryl methyl sites for hydroxylation is 1. The Balaban J connectivity index is 1.37. The van der Waals surface area contributed by atoms with Crippen molar-refractivity contribution in [1.82, 2.24) is 25.0 Å². The Morgan fingerprint density at radius 1 is 1.25 bits per heavy atom. The van der Waals surface area contributed by atoms with Gasteiger partial charge in [-0.15, -0.1) is 10.2 Å². The van der Waals surface area contributed by atoms with Gasteiger partial charge >= 0.3 is 0 Å². The number of hydrogen-bond donors (Lipinski definition) is 1. The van der Waals surface area contributed by atoms with Gasteiger partial charge in [0.05, 0.1) is 6.04 Å². The zero-order valence-corrected chi connectivity index (χ0v) is 14.7. The third kappa shape index (κ3) is 3.10. The Labute approximate surface area is 144 Å². The molecule has 1 N–H and O–H groups in total. The molecule has 0 saturated carbocycles. The maximum absolute atomic E-state index is 4.42. The Bertz CT molecular complexity index is 680. The minimum atomic E-state index is 0.262. The van der Waals surface area contributed by atoms with Crippen LogP contribution in [0.3, 0.4) is 0 Å². The second-order valence-corrected chi connectivity index (χ2v) is 7.31. The van der Waals surface area contributed by atoms with Crippen LogP contribution in [0.4, 0.5) is 0 Å². The molecule has 0 spiro atoms. The predicted octanol–water partition coefficient (Wildman–Crippen LogP) is 2.54. The highest BCUT2D eigenvalue weighted by molar-refractivity contribution is 5.15. The van der Waals surface area contributed by atoms with Gasteiger partial charge in [0.2, 0.25) is 0 Å². The first kappa shape index (κ1) is 15.8. The lowest BCUT2D eigenvalue weighted by Gasteiger charge is -2.21. The summed E-state index contributed by atoms with van der Waals surface area (Å²) in [6.45, 7) is 7.77. The van der Waals surface area contributed by atoms with E-state index in [-0.39, 0.29) is 6.04 Å². The molecule has 3 heterocycles. The summed E-state index contributed by atoms with van der Waals surface area (Å²) in [7, 11) is 0. The van der Waals surface area contributed by atoms with Crippen molar-refractivity contribution in [3.63, 3.8) is 0 Å². The zero-order valence-electron chi connectivity index (χ0n) is 14.7. The molecule has 24 heavy (non-hydrogen) atoms. The monoisotopic (exact) mass is 325 g/mol. The molecule has 2 aromatic rings. The van der Waals surface area contributed by atoms with Gasteiger partial charge in [0, 0.05) is 38.1 Å². The largest absolute Gasteiger partial charge is 0.314 e. The minimum absolute atomic E-state index is 0.262. The normalized spacial score (nSPS) is 25.1. The van der Waals surface area contributed by atoms with Crippen molar-refractivity contribution in [2.45, 2.75) is 64.3 Å². The van der Waals surface area contributed by atoms with E-state index in [1.165, 1.54) is 18.4 Å². The van der Waals surface area contributed by atoms with E-state index in [9.17, 15) is 0 Å². The van der Waals surface area contributed by atoms with Crippen molar-refractivity contribution in [2.75, 3.05) is 6.54 Å². The molecule has 0 amide bonds. The third-order valence-corrected chi connectivity index (χ3v) is 5.44. The van der Waals surface area contributed by atoms with Gasteiger partial charge in [0.1, 0.15) is 11.6 Å². The molecule has 1 aromatic carbocycles. The Kier molecular flexibility index (Phi) is 4.37. The summed E-state index contributed by atoms with van der Waals surface area (Å²) in [5.74, 6) is 2.26. The molecule has 0 radical (unpaired) electrons. The quantitative estimate of drug-likeness (QED) is 0.918. The number of hydrogen-bond acceptors (Lipinski definition) is 4. The van der Waals surface area contributed by atoms with E-state index < -0.39 is 0 Å². The second kappa shape index (κ2) is 6.65. The molecule has 0 bridgehead atoms. The van der Waals surface area contributed by atoms with E-state index in [0.717, 1.165) is 37.7 Å². The van der Waals surface area contributed by atoms with Crippen LogP contribution in [0.25, 0.3) is 0 Å². The maximum Gasteiger partial charge on any atom is 0.149 e. The molecular formula is C19H27N5. The van der Waals surface area contributed by atoms with Gasteiger partial charge < -0.3 is 9.88 Å². The minimum Gasteiger partial charge on any atom is -0.314 e. The van der Waals surface area contributed by atoms with Crippen LogP contribution < -0.4 is 5.32 Å². The lowest BCUT2D eigenvalue weighted by molar-refractivity contribution is 0.255. The first-order valence-electron chi connectivity index (χ1n) is 9.16. The van der Waals surface area contributed by atoms with Crippen LogP contribution in [0.5, 0.6) is 0 Å². The molecule has 3 atom stereocenters. The SMILES string of the molecule is C[C@H](N[C@H]1C[C@H](C)N(Cc2ccccc2)C1)c1nnc2n1CCC2. The first-order chi connectivity index (χ1) is 11.7. The Morgan fingerprint density at radius 3 is 2.92 bits per heavy atom. The summed E-state index contributed by atoms with van der Waals surface area (Å²) in [6.07, 6.45) is 3.47. The summed E-state index contributed by atoms with van der Waals surface area (Å²) in [5, 5.41) is 12.6. The highest BCUT2D eigenvalue weighted by Crippen LogP contribution is 2.24. The molecule has 2 aliphatic heterocycles. The van der Waals surface area contributed by atoms with Crippen LogP contribution in [0.1, 0.15) is 49.9 Å². The fourth-order valence-corrected chi connectivity index (χ4v) is 4.18. The number of likely N-dealkylation sites (tertiary alicyclic amines) is 1. The predicted molar refractivity (Wildman–Crippen MR) is 94.6 cm³/mol. The standard InChI is InChI=1S/C19H27N5/c1-14-11-17(13-23(14)12-16-7-4-3-5-8-16)20-15(2)19-22-21-18-9-6-10-24(18)19/h3-5,7-8,14-15,17,20H,6,9-13H2,1-2H3/t14-,15-,17-/m0/s1. The van der Waals surface area contributed by atoms with Crippen molar-refractivity contribution < 1.29 is 0 Å². The van der Waals surface area contributed by atoms with Gasteiger partial charge in [-0.2, -0.15) is 0 Å². The van der Waals surface area contributed by atoms with Crippen LogP contribution >= 0.6 is 0 Å². The van der Waals surface area contributed by atoms with Crippen molar-refractivity contribution >= 4 is 0 Å². The molecule has 1 fully saturated rings. The van der Waals surface area contributed by atoms with Gasteiger partial charge in [0.25, 0.3) is 0 Å². The fraction of sp³-hybridized carbons (Fsp3) is 0.579. The van der Waals surface area contributed by atoms with Gasteiger partial charge in [-0.3, -0.25) is 4.90 Å². The summed E-state index contributed by atoms with van der Waals surface area (Å²) in [4.78, 5) is 2.58. The lowest BCUT2D eigenvalue weighted by atomic mass is 10.1. The van der Waals surface area contributed by atoms with E-state index >= 15 is 0 Å². The van der Waals surface area contributed by atoms with Crippen molar-refractivity contribution in [1.29, 1.82) is 0 Å². The molecule has 1 saturated heterocycles. The van der Waals surface area contributed by atoms with E-state index in [1.807, 2.05) is 0 Å². The Hall–Kier alpha value is -1.72. The van der Waals surface area contributed by atoms with Crippen molar-refractivity contribution in [3.8, 4) is 0 Å². The molecule has 5 nitrogen and oxygen atoms in total. The average Bonchev–Trinajstić information content (AvgIpc) is 3.25. The number of rotatable bonds is 5. The van der Waals surface area contributed by atoms with E-state index in [2.05, 4.69) is 69.2 Å². The molecule has 1 aromatic heterocycles. The molecule has 5 heteroatoms. The summed E-state index contributed by atoms with van der Waals surface area (Å²) in [5.41, 5.74) is 1.40.